The summed E-state index contributed by atoms with van der Waals surface area (Å²) in [6.07, 6.45) is 1.50. The molecule has 0 radical (unpaired) electrons. The number of hydrogen-bond acceptors (Lipinski definition) is 4. The first kappa shape index (κ1) is 19.9. The summed E-state index contributed by atoms with van der Waals surface area (Å²) in [4.78, 5) is 29.8. The van der Waals surface area contributed by atoms with Crippen molar-refractivity contribution in [1.29, 1.82) is 0 Å². The van der Waals surface area contributed by atoms with Crippen molar-refractivity contribution in [2.45, 2.75) is 52.6 Å². The molecule has 140 valence electrons. The van der Waals surface area contributed by atoms with Crippen LogP contribution >= 0.6 is 11.3 Å². The number of carbonyl (C=O) groups is 2. The molecule has 0 bridgehead atoms. The Kier molecular flexibility index (Phi) is 7.44. The lowest BCUT2D eigenvalue weighted by Gasteiger charge is -2.32. The molecular formula is C19H31N3O2S. The zero-order chi connectivity index (χ0) is 18.4. The number of carbonyl (C=O) groups excluding carboxylic acids is 2. The number of hydrogen-bond donors (Lipinski definition) is 1. The molecule has 1 aromatic heterocycles. The van der Waals surface area contributed by atoms with Crippen LogP contribution in [0.5, 0.6) is 0 Å². The van der Waals surface area contributed by atoms with Crippen LogP contribution < -0.4 is 5.32 Å². The van der Waals surface area contributed by atoms with Gasteiger partial charge < -0.3 is 10.2 Å². The molecule has 1 saturated heterocycles. The molecule has 5 nitrogen and oxygen atoms in total. The van der Waals surface area contributed by atoms with Gasteiger partial charge in [-0.25, -0.2) is 0 Å². The van der Waals surface area contributed by atoms with Crippen LogP contribution in [0.4, 0.5) is 0 Å². The molecule has 2 heterocycles. The third-order valence-corrected chi connectivity index (χ3v) is 5.74. The van der Waals surface area contributed by atoms with Crippen molar-refractivity contribution in [3.8, 4) is 0 Å². The molecule has 0 spiro atoms. The van der Waals surface area contributed by atoms with Crippen LogP contribution in [0.3, 0.4) is 0 Å². The molecule has 0 saturated carbocycles. The SMILES string of the molecule is CC(C)N(CCNC(=O)C1CCN(C(=O)c2cccs2)CC1)C(C)C. The maximum absolute atomic E-state index is 12.4. The van der Waals surface area contributed by atoms with E-state index in [4.69, 9.17) is 0 Å². The van der Waals surface area contributed by atoms with Crippen molar-refractivity contribution < 1.29 is 9.59 Å². The van der Waals surface area contributed by atoms with E-state index >= 15 is 0 Å². The van der Waals surface area contributed by atoms with Gasteiger partial charge in [0.25, 0.3) is 5.91 Å². The van der Waals surface area contributed by atoms with Crippen molar-refractivity contribution in [1.82, 2.24) is 15.1 Å². The van der Waals surface area contributed by atoms with E-state index in [0.29, 0.717) is 31.7 Å². The van der Waals surface area contributed by atoms with Gasteiger partial charge in [-0.15, -0.1) is 11.3 Å². The van der Waals surface area contributed by atoms with Crippen molar-refractivity contribution in [3.05, 3.63) is 22.4 Å². The molecule has 0 atom stereocenters. The van der Waals surface area contributed by atoms with E-state index in [-0.39, 0.29) is 17.7 Å². The monoisotopic (exact) mass is 365 g/mol. The molecule has 1 aliphatic heterocycles. The minimum absolute atomic E-state index is 0.0268. The molecular weight excluding hydrogens is 334 g/mol. The Morgan fingerprint density at radius 1 is 1.24 bits per heavy atom. The van der Waals surface area contributed by atoms with Crippen LogP contribution in [0.25, 0.3) is 0 Å². The minimum Gasteiger partial charge on any atom is -0.355 e. The number of nitrogens with one attached hydrogen (secondary N) is 1. The lowest BCUT2D eigenvalue weighted by Crippen LogP contribution is -2.46. The lowest BCUT2D eigenvalue weighted by molar-refractivity contribution is -0.126. The maximum atomic E-state index is 12.4. The molecule has 6 heteroatoms. The Labute approximate surface area is 155 Å². The predicted octanol–water partition coefficient (Wildman–Crippen LogP) is 2.84. The topological polar surface area (TPSA) is 52.7 Å². The molecule has 2 amide bonds. The molecule has 0 aliphatic carbocycles. The number of nitrogens with zero attached hydrogens (tertiary/aromatic N) is 2. The van der Waals surface area contributed by atoms with E-state index < -0.39 is 0 Å². The quantitative estimate of drug-likeness (QED) is 0.808. The van der Waals surface area contributed by atoms with Crippen molar-refractivity contribution in [3.63, 3.8) is 0 Å². The number of piperidine rings is 1. The van der Waals surface area contributed by atoms with Crippen LogP contribution in [0.2, 0.25) is 0 Å². The van der Waals surface area contributed by atoms with Gasteiger partial charge in [-0.05, 0) is 52.0 Å². The van der Waals surface area contributed by atoms with Crippen molar-refractivity contribution >= 4 is 23.2 Å². The summed E-state index contributed by atoms with van der Waals surface area (Å²) >= 11 is 1.47. The first-order chi connectivity index (χ1) is 11.9. The average Bonchev–Trinajstić information content (AvgIpc) is 3.11. The highest BCUT2D eigenvalue weighted by molar-refractivity contribution is 7.12. The first-order valence-electron chi connectivity index (χ1n) is 9.26. The van der Waals surface area contributed by atoms with Crippen molar-refractivity contribution in [2.75, 3.05) is 26.2 Å². The molecule has 1 fully saturated rings. The van der Waals surface area contributed by atoms with Gasteiger partial charge in [-0.3, -0.25) is 14.5 Å². The highest BCUT2D eigenvalue weighted by Crippen LogP contribution is 2.20. The smallest absolute Gasteiger partial charge is 0.263 e. The Bertz CT molecular complexity index is 541. The summed E-state index contributed by atoms with van der Waals surface area (Å²) in [7, 11) is 0. The average molecular weight is 366 g/mol. The van der Waals surface area contributed by atoms with Crippen LogP contribution in [0.1, 0.15) is 50.2 Å². The fourth-order valence-electron chi connectivity index (χ4n) is 3.47. The summed E-state index contributed by atoms with van der Waals surface area (Å²) in [5.74, 6) is 0.257. The van der Waals surface area contributed by atoms with Crippen LogP contribution in [0, 0.1) is 5.92 Å². The lowest BCUT2D eigenvalue weighted by atomic mass is 9.96. The second-order valence-corrected chi connectivity index (χ2v) is 8.21. The van der Waals surface area contributed by atoms with Crippen LogP contribution in [-0.2, 0) is 4.79 Å². The normalized spacial score (nSPS) is 16.0. The molecule has 1 aliphatic rings. The summed E-state index contributed by atoms with van der Waals surface area (Å²) in [6, 6.07) is 4.71. The Balaban J connectivity index is 1.73. The highest BCUT2D eigenvalue weighted by atomic mass is 32.1. The van der Waals surface area contributed by atoms with Crippen molar-refractivity contribution in [2.24, 2.45) is 5.92 Å². The summed E-state index contributed by atoms with van der Waals surface area (Å²) in [5, 5.41) is 5.00. The maximum Gasteiger partial charge on any atom is 0.263 e. The van der Waals surface area contributed by atoms with E-state index in [1.807, 2.05) is 22.4 Å². The Hall–Kier alpha value is -1.40. The van der Waals surface area contributed by atoms with Gasteiger partial charge in [-0.2, -0.15) is 0 Å². The van der Waals surface area contributed by atoms with Gasteiger partial charge in [0.1, 0.15) is 0 Å². The summed E-state index contributed by atoms with van der Waals surface area (Å²) < 4.78 is 0. The van der Waals surface area contributed by atoms with E-state index in [0.717, 1.165) is 24.3 Å². The Morgan fingerprint density at radius 2 is 1.88 bits per heavy atom. The van der Waals surface area contributed by atoms with Crippen LogP contribution in [-0.4, -0.2) is 59.9 Å². The molecule has 1 N–H and O–H groups in total. The fraction of sp³-hybridized carbons (Fsp3) is 0.684. The molecule has 25 heavy (non-hydrogen) atoms. The van der Waals surface area contributed by atoms with Gasteiger partial charge >= 0.3 is 0 Å². The molecule has 1 aromatic rings. The molecule has 2 rings (SSSR count). The predicted molar refractivity (Wildman–Crippen MR) is 103 cm³/mol. The third kappa shape index (κ3) is 5.54. The summed E-state index contributed by atoms with van der Waals surface area (Å²) in [5.41, 5.74) is 0. The molecule has 0 unspecified atom stereocenters. The highest BCUT2D eigenvalue weighted by Gasteiger charge is 2.28. The number of thiophene rings is 1. The molecule has 0 aromatic carbocycles. The number of amides is 2. The standard InChI is InChI=1S/C19H31N3O2S/c1-14(2)22(15(3)4)12-9-20-18(23)16-7-10-21(11-8-16)19(24)17-6-5-13-25-17/h5-6,13-16H,7-12H2,1-4H3,(H,20,23). The van der Waals surface area contributed by atoms with Gasteiger partial charge in [0.05, 0.1) is 4.88 Å². The zero-order valence-electron chi connectivity index (χ0n) is 15.8. The second kappa shape index (κ2) is 9.34. The minimum atomic E-state index is 0.0268. The Morgan fingerprint density at radius 3 is 2.40 bits per heavy atom. The second-order valence-electron chi connectivity index (χ2n) is 7.26. The van der Waals surface area contributed by atoms with E-state index in [1.165, 1.54) is 11.3 Å². The van der Waals surface area contributed by atoms with Gasteiger partial charge in [0.15, 0.2) is 0 Å². The van der Waals surface area contributed by atoms with Crippen LogP contribution in [0.15, 0.2) is 17.5 Å². The van der Waals surface area contributed by atoms with Gasteiger partial charge in [0, 0.05) is 44.2 Å². The number of rotatable bonds is 7. The summed E-state index contributed by atoms with van der Waals surface area (Å²) in [6.45, 7) is 11.6. The largest absolute Gasteiger partial charge is 0.355 e. The zero-order valence-corrected chi connectivity index (χ0v) is 16.6. The van der Waals surface area contributed by atoms with Gasteiger partial charge in [0.2, 0.25) is 5.91 Å². The third-order valence-electron chi connectivity index (χ3n) is 4.88. The van der Waals surface area contributed by atoms with E-state index in [1.54, 1.807) is 0 Å². The first-order valence-corrected chi connectivity index (χ1v) is 10.1. The van der Waals surface area contributed by atoms with E-state index in [2.05, 4.69) is 37.9 Å². The van der Waals surface area contributed by atoms with Gasteiger partial charge in [-0.1, -0.05) is 6.07 Å². The van der Waals surface area contributed by atoms with E-state index in [9.17, 15) is 9.59 Å². The fourth-order valence-corrected chi connectivity index (χ4v) is 4.16. The number of likely N-dealkylation sites (tertiary alicyclic amines) is 1.